The van der Waals surface area contributed by atoms with Crippen LogP contribution >= 0.6 is 0 Å². The molecule has 0 aliphatic carbocycles. The van der Waals surface area contributed by atoms with Crippen LogP contribution in [0.2, 0.25) is 6.82 Å². The van der Waals surface area contributed by atoms with Crippen molar-refractivity contribution in [3.05, 3.63) is 35.4 Å². The van der Waals surface area contributed by atoms with Gasteiger partial charge in [-0.2, -0.15) is 0 Å². The third-order valence-electron chi connectivity index (χ3n) is 1.94. The average molecular weight is 176 g/mol. The van der Waals surface area contributed by atoms with E-state index in [-0.39, 0.29) is 5.97 Å². The van der Waals surface area contributed by atoms with E-state index in [0.29, 0.717) is 5.56 Å². The highest BCUT2D eigenvalue weighted by Crippen LogP contribution is 2.10. The van der Waals surface area contributed by atoms with E-state index < -0.39 is 0 Å². The molecule has 13 heavy (non-hydrogen) atoms. The van der Waals surface area contributed by atoms with Crippen LogP contribution in [0.3, 0.4) is 0 Å². The van der Waals surface area contributed by atoms with Crippen LogP contribution in [-0.4, -0.2) is 20.4 Å². The van der Waals surface area contributed by atoms with E-state index in [2.05, 4.69) is 11.6 Å². The molecule has 0 amide bonds. The first-order chi connectivity index (χ1) is 6.29. The quantitative estimate of drug-likeness (QED) is 0.514. The lowest BCUT2D eigenvalue weighted by Crippen LogP contribution is -2.06. The van der Waals surface area contributed by atoms with Crippen LogP contribution in [0.25, 0.3) is 0 Å². The lowest BCUT2D eigenvalue weighted by Gasteiger charge is -2.05. The van der Waals surface area contributed by atoms with Gasteiger partial charge in [-0.1, -0.05) is 31.3 Å². The predicted octanol–water partition coefficient (Wildman–Crippen LogP) is 1.46. The average Bonchev–Trinajstić information content (AvgIpc) is 2.18. The van der Waals surface area contributed by atoms with E-state index >= 15 is 0 Å². The monoisotopic (exact) mass is 176 g/mol. The highest BCUT2D eigenvalue weighted by atomic mass is 16.5. The van der Waals surface area contributed by atoms with E-state index in [9.17, 15) is 4.79 Å². The Morgan fingerprint density at radius 1 is 1.46 bits per heavy atom. The molecule has 0 radical (unpaired) electrons. The molecule has 0 heterocycles. The third kappa shape index (κ3) is 2.34. The first-order valence-corrected chi connectivity index (χ1v) is 4.45. The molecular weight excluding hydrogens is 163 g/mol. The molecule has 0 aliphatic rings. The maximum atomic E-state index is 11.3. The minimum Gasteiger partial charge on any atom is -0.465 e. The van der Waals surface area contributed by atoms with Crippen molar-refractivity contribution in [2.75, 3.05) is 7.11 Å². The summed E-state index contributed by atoms with van der Waals surface area (Å²) < 4.78 is 4.68. The zero-order valence-corrected chi connectivity index (χ0v) is 8.04. The summed E-state index contributed by atoms with van der Waals surface area (Å²) >= 11 is 0. The van der Waals surface area contributed by atoms with Gasteiger partial charge in [0.15, 0.2) is 0 Å². The molecule has 3 heteroatoms. The van der Waals surface area contributed by atoms with Crippen molar-refractivity contribution in [2.24, 2.45) is 0 Å². The van der Waals surface area contributed by atoms with Gasteiger partial charge in [-0.3, -0.25) is 0 Å². The molecule has 0 fully saturated rings. The van der Waals surface area contributed by atoms with Crippen LogP contribution in [-0.2, 0) is 11.1 Å². The van der Waals surface area contributed by atoms with Crippen molar-refractivity contribution in [3.63, 3.8) is 0 Å². The Kier molecular flexibility index (Phi) is 3.56. The summed E-state index contributed by atoms with van der Waals surface area (Å²) in [4.78, 5) is 11.3. The van der Waals surface area contributed by atoms with Crippen molar-refractivity contribution in [1.29, 1.82) is 0 Å². The van der Waals surface area contributed by atoms with Crippen LogP contribution in [0.5, 0.6) is 0 Å². The molecule has 0 aliphatic heterocycles. The number of hydrogen-bond donors (Lipinski definition) is 0. The molecule has 0 bridgehead atoms. The largest absolute Gasteiger partial charge is 0.465 e. The van der Waals surface area contributed by atoms with Crippen LogP contribution in [0.1, 0.15) is 15.9 Å². The molecule has 0 aromatic heterocycles. The molecule has 1 aromatic carbocycles. The molecule has 0 saturated carbocycles. The summed E-state index contributed by atoms with van der Waals surface area (Å²) in [7, 11) is 2.44. The molecule has 1 rings (SSSR count). The molecule has 0 unspecified atom stereocenters. The number of carbonyl (C=O) groups excluding carboxylic acids is 1. The zero-order valence-electron chi connectivity index (χ0n) is 8.04. The lowest BCUT2D eigenvalue weighted by atomic mass is 9.74. The van der Waals surface area contributed by atoms with Crippen LogP contribution < -0.4 is 0 Å². The summed E-state index contributed by atoms with van der Waals surface area (Å²) in [6.45, 7) is 2.09. The van der Waals surface area contributed by atoms with Gasteiger partial charge in [0, 0.05) is 0 Å². The Morgan fingerprint density at radius 2 is 2.15 bits per heavy atom. The van der Waals surface area contributed by atoms with Gasteiger partial charge in [-0.05, 0) is 11.6 Å². The molecule has 0 N–H and O–H groups in total. The Hall–Kier alpha value is -1.25. The standard InChI is InChI=1S/C10H13BO2/c1-11-7-8-5-3-4-6-9(8)10(12)13-2/h3-6,11H,7H2,1-2H3. The molecular formula is C10H13BO2. The SMILES string of the molecule is CBCc1ccccc1C(=O)OC. The van der Waals surface area contributed by atoms with Gasteiger partial charge in [0.25, 0.3) is 0 Å². The van der Waals surface area contributed by atoms with E-state index in [1.807, 2.05) is 18.2 Å². The number of hydrogen-bond acceptors (Lipinski definition) is 2. The smallest absolute Gasteiger partial charge is 0.338 e. The fourth-order valence-corrected chi connectivity index (χ4v) is 1.32. The predicted molar refractivity (Wildman–Crippen MR) is 54.5 cm³/mol. The van der Waals surface area contributed by atoms with Crippen molar-refractivity contribution in [2.45, 2.75) is 13.1 Å². The minimum absolute atomic E-state index is 0.246. The summed E-state index contributed by atoms with van der Waals surface area (Å²) in [5.41, 5.74) is 1.75. The molecule has 68 valence electrons. The van der Waals surface area contributed by atoms with Gasteiger partial charge in [-0.15, -0.1) is 0 Å². The van der Waals surface area contributed by atoms with E-state index in [4.69, 9.17) is 0 Å². The van der Waals surface area contributed by atoms with Crippen LogP contribution in [0.15, 0.2) is 24.3 Å². The Balaban J connectivity index is 2.97. The maximum Gasteiger partial charge on any atom is 0.338 e. The number of methoxy groups -OCH3 is 1. The number of benzene rings is 1. The van der Waals surface area contributed by atoms with Crippen molar-refractivity contribution in [3.8, 4) is 0 Å². The second kappa shape index (κ2) is 4.70. The molecule has 1 aromatic rings. The van der Waals surface area contributed by atoms with Crippen molar-refractivity contribution >= 4 is 13.2 Å². The van der Waals surface area contributed by atoms with Gasteiger partial charge < -0.3 is 4.74 Å². The third-order valence-corrected chi connectivity index (χ3v) is 1.94. The fourth-order valence-electron chi connectivity index (χ4n) is 1.32. The first-order valence-electron chi connectivity index (χ1n) is 4.45. The Morgan fingerprint density at radius 3 is 2.77 bits per heavy atom. The highest BCUT2D eigenvalue weighted by Gasteiger charge is 2.09. The van der Waals surface area contributed by atoms with E-state index in [1.165, 1.54) is 7.11 Å². The van der Waals surface area contributed by atoms with Gasteiger partial charge in [0.2, 0.25) is 0 Å². The molecule has 0 saturated heterocycles. The number of rotatable bonds is 3. The van der Waals surface area contributed by atoms with Gasteiger partial charge >= 0.3 is 5.97 Å². The Labute approximate surface area is 79.2 Å². The van der Waals surface area contributed by atoms with Gasteiger partial charge in [0.05, 0.1) is 12.7 Å². The Bertz CT molecular complexity index is 297. The van der Waals surface area contributed by atoms with E-state index in [1.54, 1.807) is 6.07 Å². The topological polar surface area (TPSA) is 26.3 Å². The van der Waals surface area contributed by atoms with Gasteiger partial charge in [0.1, 0.15) is 7.28 Å². The second-order valence-electron chi connectivity index (χ2n) is 2.90. The number of ether oxygens (including phenoxy) is 1. The van der Waals surface area contributed by atoms with Crippen molar-refractivity contribution < 1.29 is 9.53 Å². The van der Waals surface area contributed by atoms with Crippen LogP contribution in [0.4, 0.5) is 0 Å². The zero-order chi connectivity index (χ0) is 9.68. The minimum atomic E-state index is -0.246. The summed E-state index contributed by atoms with van der Waals surface area (Å²) in [5, 5.41) is 0. The highest BCUT2D eigenvalue weighted by molar-refractivity contribution is 6.33. The molecule has 0 spiro atoms. The molecule has 0 atom stereocenters. The molecule has 2 nitrogen and oxygen atoms in total. The first kappa shape index (κ1) is 9.84. The lowest BCUT2D eigenvalue weighted by molar-refractivity contribution is 0.0600. The van der Waals surface area contributed by atoms with Crippen LogP contribution in [0, 0.1) is 0 Å². The maximum absolute atomic E-state index is 11.3. The number of carbonyl (C=O) groups is 1. The van der Waals surface area contributed by atoms with E-state index in [0.717, 1.165) is 19.2 Å². The fraction of sp³-hybridized carbons (Fsp3) is 0.300. The summed E-state index contributed by atoms with van der Waals surface area (Å²) in [5.74, 6) is -0.246. The van der Waals surface area contributed by atoms with Crippen molar-refractivity contribution in [1.82, 2.24) is 0 Å². The van der Waals surface area contributed by atoms with Gasteiger partial charge in [-0.25, -0.2) is 4.79 Å². The summed E-state index contributed by atoms with van der Waals surface area (Å²) in [6, 6.07) is 7.56. The number of esters is 1. The second-order valence-corrected chi connectivity index (χ2v) is 2.90. The summed E-state index contributed by atoms with van der Waals surface area (Å²) in [6.07, 6.45) is 0.922. The normalized spacial score (nSPS) is 9.38.